The molecule has 1 saturated carbocycles. The molecule has 2 fully saturated rings. The summed E-state index contributed by atoms with van der Waals surface area (Å²) in [6, 6.07) is 12.4. The Labute approximate surface area is 277 Å². The lowest BCUT2D eigenvalue weighted by molar-refractivity contribution is -0.232. The van der Waals surface area contributed by atoms with Gasteiger partial charge in [0.2, 0.25) is 21.6 Å². The molecule has 1 unspecified atom stereocenters. The predicted octanol–water partition coefficient (Wildman–Crippen LogP) is 4.16. The minimum Gasteiger partial charge on any atom is -0.492 e. The van der Waals surface area contributed by atoms with Crippen LogP contribution in [0.15, 0.2) is 53.4 Å². The standard InChI is InChI=1S/C34H46N4O8S/c1-3-4-24-45-31-17-19-32(20-18-31)47(43,44)37(34(33(40)35-41,38(42)27(2)39)29-11-7-5-8-12-29)26-28-13-15-30(16-14-28)46-25-23-36-21-9-6-10-22-36/h13-20,29,41-42H,5-12,21-26H2,1-2H3,(H,35,40). The van der Waals surface area contributed by atoms with Crippen LogP contribution in [0.2, 0.25) is 0 Å². The summed E-state index contributed by atoms with van der Waals surface area (Å²) < 4.78 is 41.6. The highest BCUT2D eigenvalue weighted by molar-refractivity contribution is 7.89. The van der Waals surface area contributed by atoms with E-state index < -0.39 is 40.0 Å². The van der Waals surface area contributed by atoms with Crippen LogP contribution >= 0.6 is 0 Å². The number of nitrogens with one attached hydrogen (secondary N) is 1. The van der Waals surface area contributed by atoms with Crippen molar-refractivity contribution in [2.75, 3.05) is 32.8 Å². The van der Waals surface area contributed by atoms with Crippen LogP contribution in [0.4, 0.5) is 0 Å². The summed E-state index contributed by atoms with van der Waals surface area (Å²) in [4.78, 5) is 28.8. The van der Waals surface area contributed by atoms with Crippen LogP contribution in [0, 0.1) is 17.8 Å². The van der Waals surface area contributed by atoms with E-state index in [0.717, 1.165) is 37.3 Å². The van der Waals surface area contributed by atoms with Gasteiger partial charge in [-0.1, -0.05) is 43.7 Å². The summed E-state index contributed by atoms with van der Waals surface area (Å²) in [5, 5.41) is 21.6. The zero-order chi connectivity index (χ0) is 33.9. The van der Waals surface area contributed by atoms with Gasteiger partial charge in [0.15, 0.2) is 0 Å². The summed E-state index contributed by atoms with van der Waals surface area (Å²) in [6.07, 6.45) is 6.41. The summed E-state index contributed by atoms with van der Waals surface area (Å²) in [5.74, 6) is 3.45. The number of benzene rings is 2. The SMILES string of the molecule is CC#CCOc1ccc(S(=O)(=O)N(Cc2ccc(OCCN3CCCCC3)cc2)C(C(=O)NO)(C2CCCCC2)N(O)C(C)=O)cc1. The molecule has 1 aliphatic carbocycles. The minimum atomic E-state index is -4.63. The number of carbonyl (C=O) groups excluding carboxylic acids is 2. The van der Waals surface area contributed by atoms with E-state index in [4.69, 9.17) is 9.47 Å². The van der Waals surface area contributed by atoms with Crippen LogP contribution in [0.25, 0.3) is 0 Å². The lowest BCUT2D eigenvalue weighted by Gasteiger charge is -2.49. The summed E-state index contributed by atoms with van der Waals surface area (Å²) in [6.45, 7) is 5.85. The van der Waals surface area contributed by atoms with Crippen molar-refractivity contribution in [3.8, 4) is 23.3 Å². The van der Waals surface area contributed by atoms with Crippen molar-refractivity contribution in [2.45, 2.75) is 82.3 Å². The van der Waals surface area contributed by atoms with Crippen LogP contribution < -0.4 is 15.0 Å². The van der Waals surface area contributed by atoms with Gasteiger partial charge in [-0.25, -0.2) is 13.9 Å². The lowest BCUT2D eigenvalue weighted by Crippen LogP contribution is -2.72. The molecule has 47 heavy (non-hydrogen) atoms. The Morgan fingerprint density at radius 3 is 2.15 bits per heavy atom. The maximum absolute atomic E-state index is 14.6. The molecule has 2 amide bonds. The molecule has 0 radical (unpaired) electrons. The number of nitrogens with zero attached hydrogens (tertiary/aromatic N) is 3. The maximum Gasteiger partial charge on any atom is 0.288 e. The Morgan fingerprint density at radius 2 is 1.55 bits per heavy atom. The third kappa shape index (κ3) is 8.63. The van der Waals surface area contributed by atoms with Gasteiger partial charge in [-0.15, -0.1) is 5.92 Å². The average molecular weight is 671 g/mol. The summed E-state index contributed by atoms with van der Waals surface area (Å²) >= 11 is 0. The van der Waals surface area contributed by atoms with Gasteiger partial charge in [-0.05, 0) is 87.7 Å². The van der Waals surface area contributed by atoms with E-state index in [-0.39, 0.29) is 16.6 Å². The Morgan fingerprint density at radius 1 is 0.957 bits per heavy atom. The van der Waals surface area contributed by atoms with Gasteiger partial charge in [-0.2, -0.15) is 9.37 Å². The Hall–Kier alpha value is -3.67. The van der Waals surface area contributed by atoms with Crippen molar-refractivity contribution in [1.82, 2.24) is 19.7 Å². The zero-order valence-corrected chi connectivity index (χ0v) is 28.0. The zero-order valence-electron chi connectivity index (χ0n) is 27.2. The summed E-state index contributed by atoms with van der Waals surface area (Å²) in [5.41, 5.74) is -0.464. The van der Waals surface area contributed by atoms with Crippen LogP contribution in [-0.2, 0) is 26.2 Å². The molecule has 2 aliphatic rings. The Bertz CT molecular complexity index is 1500. The van der Waals surface area contributed by atoms with Gasteiger partial charge < -0.3 is 9.47 Å². The van der Waals surface area contributed by atoms with Gasteiger partial charge in [0, 0.05) is 25.9 Å². The number of hydroxylamine groups is 3. The predicted molar refractivity (Wildman–Crippen MR) is 174 cm³/mol. The number of likely N-dealkylation sites (tertiary alicyclic amines) is 1. The third-order valence-corrected chi connectivity index (χ3v) is 10.7. The van der Waals surface area contributed by atoms with Gasteiger partial charge in [0.1, 0.15) is 24.7 Å². The second-order valence-electron chi connectivity index (χ2n) is 11.9. The largest absolute Gasteiger partial charge is 0.492 e. The highest BCUT2D eigenvalue weighted by Crippen LogP contribution is 2.42. The quantitative estimate of drug-likeness (QED) is 0.117. The molecule has 1 aliphatic heterocycles. The van der Waals surface area contributed by atoms with Gasteiger partial charge in [0.05, 0.1) is 4.90 Å². The molecular weight excluding hydrogens is 624 g/mol. The number of hydrogen-bond donors (Lipinski definition) is 3. The topological polar surface area (TPSA) is 149 Å². The van der Waals surface area contributed by atoms with Crippen LogP contribution in [0.5, 0.6) is 11.5 Å². The molecule has 3 N–H and O–H groups in total. The normalized spacial score (nSPS) is 17.2. The maximum atomic E-state index is 14.6. The van der Waals surface area contributed by atoms with E-state index in [1.165, 1.54) is 43.5 Å². The smallest absolute Gasteiger partial charge is 0.288 e. The number of rotatable bonds is 14. The first-order chi connectivity index (χ1) is 22.6. The molecule has 2 aromatic rings. The lowest BCUT2D eigenvalue weighted by atomic mass is 9.78. The van der Waals surface area contributed by atoms with Gasteiger partial charge in [0.25, 0.3) is 5.91 Å². The highest BCUT2D eigenvalue weighted by atomic mass is 32.2. The number of piperidine rings is 1. The molecule has 256 valence electrons. The molecule has 0 aromatic heterocycles. The van der Waals surface area contributed by atoms with Crippen LogP contribution in [-0.4, -0.2) is 83.4 Å². The van der Waals surface area contributed by atoms with E-state index in [9.17, 15) is 28.4 Å². The molecule has 13 heteroatoms. The average Bonchev–Trinajstić information content (AvgIpc) is 3.09. The van der Waals surface area contributed by atoms with E-state index in [2.05, 4.69) is 16.7 Å². The summed E-state index contributed by atoms with van der Waals surface area (Å²) in [7, 11) is -4.63. The highest BCUT2D eigenvalue weighted by Gasteiger charge is 2.60. The second-order valence-corrected chi connectivity index (χ2v) is 13.8. The molecule has 1 heterocycles. The van der Waals surface area contributed by atoms with Crippen molar-refractivity contribution < 1.29 is 37.9 Å². The molecule has 0 bridgehead atoms. The molecule has 0 spiro atoms. The first-order valence-electron chi connectivity index (χ1n) is 16.2. The van der Waals surface area contributed by atoms with Crippen molar-refractivity contribution >= 4 is 21.8 Å². The van der Waals surface area contributed by atoms with E-state index >= 15 is 0 Å². The molecule has 4 rings (SSSR count). The monoisotopic (exact) mass is 670 g/mol. The number of carbonyl (C=O) groups is 2. The Balaban J connectivity index is 1.73. The Kier molecular flexibility index (Phi) is 13.0. The van der Waals surface area contributed by atoms with Crippen LogP contribution in [0.3, 0.4) is 0 Å². The number of amides is 2. The second kappa shape index (κ2) is 16.9. The minimum absolute atomic E-state index is 0.117. The first kappa shape index (κ1) is 36.2. The van der Waals surface area contributed by atoms with Crippen molar-refractivity contribution in [1.29, 1.82) is 0 Å². The van der Waals surface area contributed by atoms with Gasteiger partial charge >= 0.3 is 0 Å². The fourth-order valence-corrected chi connectivity index (χ4v) is 8.18. The molecular formula is C34H46N4O8S. The van der Waals surface area contributed by atoms with Gasteiger partial charge in [-0.3, -0.25) is 24.9 Å². The molecule has 1 saturated heterocycles. The number of hydrogen-bond acceptors (Lipinski definition) is 9. The third-order valence-electron chi connectivity index (χ3n) is 8.89. The number of sulfonamides is 1. The molecule has 1 atom stereocenters. The van der Waals surface area contributed by atoms with Crippen molar-refractivity contribution in [3.63, 3.8) is 0 Å². The fourth-order valence-electron chi connectivity index (χ4n) is 6.45. The molecule has 12 nitrogen and oxygen atoms in total. The first-order valence-corrected chi connectivity index (χ1v) is 17.6. The van der Waals surface area contributed by atoms with E-state index in [0.29, 0.717) is 49.4 Å². The van der Waals surface area contributed by atoms with Crippen molar-refractivity contribution in [3.05, 3.63) is 54.1 Å². The fraction of sp³-hybridized carbons (Fsp3) is 0.529. The van der Waals surface area contributed by atoms with E-state index in [1.54, 1.807) is 36.7 Å². The van der Waals surface area contributed by atoms with Crippen LogP contribution in [0.1, 0.15) is 70.8 Å². The molecule has 2 aromatic carbocycles. The van der Waals surface area contributed by atoms with Crippen molar-refractivity contribution in [2.24, 2.45) is 5.92 Å². The van der Waals surface area contributed by atoms with E-state index in [1.807, 2.05) is 0 Å². The number of ether oxygens (including phenoxy) is 2.